The highest BCUT2D eigenvalue weighted by atomic mass is 32.2. The first kappa shape index (κ1) is 58.8. The number of amidine groups is 1. The van der Waals surface area contributed by atoms with Gasteiger partial charge in [-0.25, -0.2) is 14.3 Å². The Morgan fingerprint density at radius 1 is 0.554 bits per heavy atom. The fraction of sp³-hybridized carbons (Fsp3) is 0.727. The molecule has 0 radical (unpaired) electrons. The normalized spacial score (nSPS) is 11.6. The third kappa shape index (κ3) is 37.7. The van der Waals surface area contributed by atoms with Crippen LogP contribution in [0.25, 0.3) is 0 Å². The van der Waals surface area contributed by atoms with E-state index in [0.717, 1.165) is 49.7 Å². The van der Waals surface area contributed by atoms with Crippen LogP contribution in [0.2, 0.25) is 0 Å². The zero-order chi connectivity index (χ0) is 47.6. The number of ether oxygens (including phenoxy) is 4. The van der Waals surface area contributed by atoms with Crippen LogP contribution >= 0.6 is 0 Å². The second-order valence-corrected chi connectivity index (χ2v) is 17.5. The predicted molar refractivity (Wildman–Crippen MR) is 249 cm³/mol. The smallest absolute Gasteiger partial charge is 0.246 e. The highest BCUT2D eigenvalue weighted by molar-refractivity contribution is 7.90. The van der Waals surface area contributed by atoms with Gasteiger partial charge in [-0.15, -0.1) is 0 Å². The number of rotatable bonds is 43. The van der Waals surface area contributed by atoms with Crippen LogP contribution in [0.3, 0.4) is 0 Å². The van der Waals surface area contributed by atoms with Gasteiger partial charge >= 0.3 is 0 Å². The molecule has 1 rings (SSSR count). The molecule has 0 bridgehead atoms. The van der Waals surface area contributed by atoms with Crippen molar-refractivity contribution in [2.24, 2.45) is 16.8 Å². The highest BCUT2D eigenvalue weighted by Crippen LogP contribution is 2.14. The van der Waals surface area contributed by atoms with E-state index in [0.29, 0.717) is 31.9 Å². The van der Waals surface area contributed by atoms with Crippen LogP contribution in [0.1, 0.15) is 127 Å². The number of hydrogen-bond donors (Lipinski definition) is 8. The fourth-order valence-electron chi connectivity index (χ4n) is 6.24. The summed E-state index contributed by atoms with van der Waals surface area (Å²) in [5.74, 6) is 9.53. The molecule has 0 saturated heterocycles. The van der Waals surface area contributed by atoms with Crippen molar-refractivity contribution >= 4 is 45.3 Å². The minimum atomic E-state index is -3.81. The Labute approximate surface area is 386 Å². The third-order valence-corrected chi connectivity index (χ3v) is 11.2. The van der Waals surface area contributed by atoms with Gasteiger partial charge in [0.1, 0.15) is 24.8 Å². The number of hydrazine groups is 1. The van der Waals surface area contributed by atoms with E-state index in [1.807, 2.05) is 24.3 Å². The predicted octanol–water partition coefficient (Wildman–Crippen LogP) is 2.09. The van der Waals surface area contributed by atoms with E-state index in [-0.39, 0.29) is 114 Å². The number of benzene rings is 1. The number of nitrogens with zero attached hydrogens (tertiary/aromatic N) is 1. The Bertz CT molecular complexity index is 1590. The maximum Gasteiger partial charge on any atom is 0.246 e. The third-order valence-electron chi connectivity index (χ3n) is 9.79. The van der Waals surface area contributed by atoms with Gasteiger partial charge in [-0.1, -0.05) is 94.9 Å². The molecule has 0 aromatic heterocycles. The molecule has 0 aliphatic heterocycles. The van der Waals surface area contributed by atoms with E-state index < -0.39 is 15.9 Å². The van der Waals surface area contributed by atoms with Crippen LogP contribution in [0.4, 0.5) is 0 Å². The molecule has 10 N–H and O–H groups in total. The summed E-state index contributed by atoms with van der Waals surface area (Å²) in [4.78, 5) is 59.2. The Balaban J connectivity index is 1.88. The van der Waals surface area contributed by atoms with Crippen molar-refractivity contribution < 1.29 is 51.3 Å². The molecule has 65 heavy (non-hydrogen) atoms. The molecule has 0 saturated carbocycles. The summed E-state index contributed by atoms with van der Waals surface area (Å²) >= 11 is 0. The lowest BCUT2D eigenvalue weighted by atomic mass is 10.0. The molecule has 4 amide bonds. The summed E-state index contributed by atoms with van der Waals surface area (Å²) in [7, 11) is -3.81. The summed E-state index contributed by atoms with van der Waals surface area (Å²) < 4.78 is 48.1. The van der Waals surface area contributed by atoms with Gasteiger partial charge in [0, 0.05) is 45.4 Å². The van der Waals surface area contributed by atoms with Crippen LogP contribution in [-0.4, -0.2) is 122 Å². The monoisotopic (exact) mass is 942 g/mol. The quantitative estimate of drug-likeness (QED) is 0.0153. The maximum atomic E-state index is 12.3. The van der Waals surface area contributed by atoms with E-state index in [4.69, 9.17) is 30.6 Å². The number of nitrogens with one attached hydrogen (secondary N) is 6. The molecule has 0 aliphatic carbocycles. The lowest BCUT2D eigenvalue weighted by Gasteiger charge is -2.09. The number of unbranched alkanes of at least 4 members (excludes halogenated alkanes) is 12. The molecule has 21 heteroatoms. The van der Waals surface area contributed by atoms with Crippen molar-refractivity contribution in [2.75, 3.05) is 78.2 Å². The second-order valence-electron chi connectivity index (χ2n) is 15.7. The van der Waals surface area contributed by atoms with Crippen molar-refractivity contribution in [3.63, 3.8) is 0 Å². The summed E-state index contributed by atoms with van der Waals surface area (Å²) in [5, 5.41) is 14.8. The molecule has 1 aromatic carbocycles. The SMILES string of the molecule is CC(=O)CNCc1ccc(CNC(=O)COCCOCCNC(=O)COCCOCCNC(=O)CCCS(=O)(=O)NC(=O)CCCCCCCCCCCCCCC/C(=N/N)NN)cc1. The Morgan fingerprint density at radius 3 is 1.51 bits per heavy atom. The first-order valence-corrected chi connectivity index (χ1v) is 24.7. The Morgan fingerprint density at radius 2 is 1.00 bits per heavy atom. The molecular weight excluding hydrogens is 863 g/mol. The van der Waals surface area contributed by atoms with Crippen LogP contribution in [0, 0.1) is 0 Å². The first-order valence-electron chi connectivity index (χ1n) is 23.1. The molecule has 0 atom stereocenters. The molecule has 0 heterocycles. The highest BCUT2D eigenvalue weighted by Gasteiger charge is 2.15. The van der Waals surface area contributed by atoms with Gasteiger partial charge in [-0.2, -0.15) is 5.10 Å². The number of nitrogens with two attached hydrogens (primary N) is 2. The average molecular weight is 942 g/mol. The van der Waals surface area contributed by atoms with E-state index >= 15 is 0 Å². The van der Waals surface area contributed by atoms with Gasteiger partial charge in [-0.3, -0.25) is 28.7 Å². The zero-order valence-corrected chi connectivity index (χ0v) is 39.5. The zero-order valence-electron chi connectivity index (χ0n) is 38.7. The number of hydrogen-bond acceptors (Lipinski definition) is 15. The summed E-state index contributed by atoms with van der Waals surface area (Å²) in [6.45, 7) is 4.40. The minimum absolute atomic E-state index is 0.00664. The van der Waals surface area contributed by atoms with E-state index in [1.54, 1.807) is 0 Å². The summed E-state index contributed by atoms with van der Waals surface area (Å²) in [6, 6.07) is 7.72. The standard InChI is InChI=1S/C44H79N9O11S/c1-37(54)32-47-33-38-19-21-39(22-20-38)34-50-44(58)36-64-30-28-62-26-24-49-43(57)35-63-29-27-61-25-23-48-41(55)18-15-31-65(59,60)53-42(56)17-14-12-10-8-6-4-2-3-5-7-9-11-13-16-40(51-45)52-46/h19-22,47H,2-18,23-36,45-46H2,1H3,(H,48,55)(H,49,57)(H,50,58)(H,51,52)(H,53,56). The van der Waals surface area contributed by atoms with Crippen molar-refractivity contribution in [1.29, 1.82) is 0 Å². The van der Waals surface area contributed by atoms with Crippen molar-refractivity contribution in [1.82, 2.24) is 31.4 Å². The van der Waals surface area contributed by atoms with E-state index in [1.165, 1.54) is 51.9 Å². The number of ketones is 1. The van der Waals surface area contributed by atoms with Crippen molar-refractivity contribution in [2.45, 2.75) is 129 Å². The van der Waals surface area contributed by atoms with Gasteiger partial charge in [0.25, 0.3) is 0 Å². The van der Waals surface area contributed by atoms with Crippen LogP contribution in [0.15, 0.2) is 29.4 Å². The van der Waals surface area contributed by atoms with Crippen molar-refractivity contribution in [3.8, 4) is 0 Å². The molecule has 0 fully saturated rings. The topological polar surface area (TPSA) is 293 Å². The molecule has 20 nitrogen and oxygen atoms in total. The molecule has 372 valence electrons. The minimum Gasteiger partial charge on any atom is -0.377 e. The fourth-order valence-corrected chi connectivity index (χ4v) is 7.31. The summed E-state index contributed by atoms with van der Waals surface area (Å²) in [5.41, 5.74) is 4.49. The van der Waals surface area contributed by atoms with Gasteiger partial charge in [0.05, 0.1) is 51.9 Å². The number of Topliss-reactive ketones (excluding diaryl/α,β-unsaturated/α-hetero) is 1. The molecular formula is C44H79N9O11S. The molecule has 0 spiro atoms. The largest absolute Gasteiger partial charge is 0.377 e. The summed E-state index contributed by atoms with van der Waals surface area (Å²) in [6.07, 6.45) is 15.4. The van der Waals surface area contributed by atoms with Gasteiger partial charge in [-0.05, 0) is 37.3 Å². The molecule has 0 aliphatic rings. The van der Waals surface area contributed by atoms with Crippen LogP contribution in [0.5, 0.6) is 0 Å². The molecule has 0 unspecified atom stereocenters. The number of carbonyl (C=O) groups is 5. The average Bonchev–Trinajstić information content (AvgIpc) is 3.27. The van der Waals surface area contributed by atoms with Crippen LogP contribution < -0.4 is 43.1 Å². The second kappa shape index (κ2) is 40.1. The lowest BCUT2D eigenvalue weighted by molar-refractivity contribution is -0.127. The van der Waals surface area contributed by atoms with Gasteiger partial charge in [0.15, 0.2) is 0 Å². The maximum absolute atomic E-state index is 12.3. The van der Waals surface area contributed by atoms with Crippen molar-refractivity contribution in [3.05, 3.63) is 35.4 Å². The number of amides is 4. The lowest BCUT2D eigenvalue weighted by Crippen LogP contribution is -2.33. The number of carbonyl (C=O) groups excluding carboxylic acids is 5. The van der Waals surface area contributed by atoms with E-state index in [2.05, 4.69) is 36.5 Å². The number of hydrazone groups is 1. The first-order chi connectivity index (χ1) is 31.4. The van der Waals surface area contributed by atoms with Gasteiger partial charge in [0.2, 0.25) is 33.7 Å². The van der Waals surface area contributed by atoms with Gasteiger partial charge < -0.3 is 51.5 Å². The number of sulfonamides is 1. The molecule has 1 aromatic rings. The Kier molecular flexibility index (Phi) is 36.2. The van der Waals surface area contributed by atoms with Crippen LogP contribution in [-0.2, 0) is 66.0 Å². The Hall–Kier alpha value is -4.25. The van der Waals surface area contributed by atoms with E-state index in [9.17, 15) is 32.4 Å².